The summed E-state index contributed by atoms with van der Waals surface area (Å²) >= 11 is 0. The number of hydrogen-bond donors (Lipinski definition) is 2. The zero-order valence-electron chi connectivity index (χ0n) is 15.2. The minimum Gasteiger partial charge on any atom is -0.504 e. The number of ether oxygens (including phenoxy) is 1. The number of aromatic nitrogens is 1. The van der Waals surface area contributed by atoms with E-state index < -0.39 is 11.5 Å². The lowest BCUT2D eigenvalue weighted by molar-refractivity contribution is 0.0953. The van der Waals surface area contributed by atoms with Crippen LogP contribution >= 0.6 is 0 Å². The molecule has 0 bridgehead atoms. The van der Waals surface area contributed by atoms with Gasteiger partial charge in [0, 0.05) is 6.20 Å². The summed E-state index contributed by atoms with van der Waals surface area (Å²) in [5.41, 5.74) is 3.44. The molecule has 0 aliphatic carbocycles. The molecule has 3 rings (SSSR count). The highest BCUT2D eigenvalue weighted by Gasteiger charge is 2.11. The van der Waals surface area contributed by atoms with E-state index >= 15 is 0 Å². The molecule has 2 aromatic carbocycles. The highest BCUT2D eigenvalue weighted by molar-refractivity contribution is 5.94. The van der Waals surface area contributed by atoms with E-state index in [0.717, 1.165) is 5.56 Å². The third-order valence-electron chi connectivity index (χ3n) is 4.04. The minimum atomic E-state index is -0.610. The van der Waals surface area contributed by atoms with Crippen LogP contribution in [0.3, 0.4) is 0 Å². The summed E-state index contributed by atoms with van der Waals surface area (Å²) in [5.74, 6) is -0.310. The number of phenolic OH excluding ortho intramolecular Hbond substituents is 1. The van der Waals surface area contributed by atoms with E-state index in [4.69, 9.17) is 4.74 Å². The second kappa shape index (κ2) is 8.68. The molecular formula is C21H19N3O4. The van der Waals surface area contributed by atoms with Crippen LogP contribution in [-0.4, -0.2) is 28.9 Å². The van der Waals surface area contributed by atoms with Crippen LogP contribution in [0.25, 0.3) is 0 Å². The molecule has 1 aromatic heterocycles. The van der Waals surface area contributed by atoms with Crippen molar-refractivity contribution in [2.75, 3.05) is 7.11 Å². The lowest BCUT2D eigenvalue weighted by Crippen LogP contribution is -2.30. The van der Waals surface area contributed by atoms with Gasteiger partial charge in [0.05, 0.1) is 19.9 Å². The number of benzene rings is 2. The van der Waals surface area contributed by atoms with Crippen LogP contribution in [-0.2, 0) is 6.54 Å². The van der Waals surface area contributed by atoms with Gasteiger partial charge >= 0.3 is 0 Å². The first-order chi connectivity index (χ1) is 13.6. The number of hydrogen-bond acceptors (Lipinski definition) is 5. The summed E-state index contributed by atoms with van der Waals surface area (Å²) in [6.07, 6.45) is 3.00. The quantitative estimate of drug-likeness (QED) is 0.509. The van der Waals surface area contributed by atoms with Gasteiger partial charge in [0.25, 0.3) is 11.5 Å². The van der Waals surface area contributed by atoms with Gasteiger partial charge in [-0.2, -0.15) is 5.10 Å². The molecule has 7 nitrogen and oxygen atoms in total. The van der Waals surface area contributed by atoms with Crippen molar-refractivity contribution in [3.63, 3.8) is 0 Å². The average molecular weight is 377 g/mol. The Morgan fingerprint density at radius 1 is 1.18 bits per heavy atom. The third kappa shape index (κ3) is 4.45. The molecule has 28 heavy (non-hydrogen) atoms. The summed E-state index contributed by atoms with van der Waals surface area (Å²) in [5, 5.41) is 13.6. The normalized spacial score (nSPS) is 10.8. The van der Waals surface area contributed by atoms with E-state index in [1.54, 1.807) is 24.4 Å². The fraction of sp³-hybridized carbons (Fsp3) is 0.0952. The summed E-state index contributed by atoms with van der Waals surface area (Å²) < 4.78 is 6.43. The molecule has 0 saturated heterocycles. The van der Waals surface area contributed by atoms with Gasteiger partial charge in [-0.05, 0) is 41.5 Å². The van der Waals surface area contributed by atoms with Crippen molar-refractivity contribution in [3.8, 4) is 11.5 Å². The highest BCUT2D eigenvalue weighted by Crippen LogP contribution is 2.25. The summed E-state index contributed by atoms with van der Waals surface area (Å²) in [4.78, 5) is 24.9. The largest absolute Gasteiger partial charge is 0.504 e. The predicted octanol–water partition coefficient (Wildman–Crippen LogP) is 2.37. The zero-order chi connectivity index (χ0) is 19.9. The second-order valence-corrected chi connectivity index (χ2v) is 5.97. The fourth-order valence-electron chi connectivity index (χ4n) is 2.63. The number of phenols is 1. The van der Waals surface area contributed by atoms with E-state index in [1.807, 2.05) is 30.3 Å². The van der Waals surface area contributed by atoms with Crippen molar-refractivity contribution >= 4 is 12.1 Å². The van der Waals surface area contributed by atoms with Crippen molar-refractivity contribution in [3.05, 3.63) is 93.9 Å². The topological polar surface area (TPSA) is 92.9 Å². The van der Waals surface area contributed by atoms with E-state index in [1.165, 1.54) is 30.0 Å². The maximum absolute atomic E-state index is 12.6. The Balaban J connectivity index is 1.71. The molecular weight excluding hydrogens is 358 g/mol. The number of amides is 1. The van der Waals surface area contributed by atoms with Crippen LogP contribution in [0.4, 0.5) is 0 Å². The SMILES string of the molecule is COc1ccc(/C=N\NC(=O)c2cccn(Cc3ccccc3)c2=O)cc1O. The average Bonchev–Trinajstić information content (AvgIpc) is 2.70. The van der Waals surface area contributed by atoms with Crippen molar-refractivity contribution in [2.45, 2.75) is 6.54 Å². The lowest BCUT2D eigenvalue weighted by atomic mass is 10.2. The molecule has 0 saturated carbocycles. The highest BCUT2D eigenvalue weighted by atomic mass is 16.5. The van der Waals surface area contributed by atoms with Gasteiger partial charge < -0.3 is 14.4 Å². The number of carbonyl (C=O) groups excluding carboxylic acids is 1. The number of rotatable bonds is 6. The Hall–Kier alpha value is -3.87. The Morgan fingerprint density at radius 2 is 1.96 bits per heavy atom. The van der Waals surface area contributed by atoms with Gasteiger partial charge in [-0.1, -0.05) is 30.3 Å². The summed E-state index contributed by atoms with van der Waals surface area (Å²) in [7, 11) is 1.45. The molecule has 2 N–H and O–H groups in total. The molecule has 0 aliphatic rings. The van der Waals surface area contributed by atoms with Crippen LogP contribution < -0.4 is 15.7 Å². The molecule has 0 aliphatic heterocycles. The van der Waals surface area contributed by atoms with E-state index in [9.17, 15) is 14.7 Å². The number of nitrogens with zero attached hydrogens (tertiary/aromatic N) is 2. The number of carbonyl (C=O) groups is 1. The maximum Gasteiger partial charge on any atom is 0.276 e. The Kier molecular flexibility index (Phi) is 5.86. The molecule has 142 valence electrons. The number of nitrogens with one attached hydrogen (secondary N) is 1. The van der Waals surface area contributed by atoms with Gasteiger partial charge in [-0.3, -0.25) is 9.59 Å². The van der Waals surface area contributed by atoms with Crippen molar-refractivity contribution < 1.29 is 14.6 Å². The standard InChI is InChI=1S/C21H19N3O4/c1-28-19-10-9-16(12-18(19)25)13-22-23-20(26)17-8-5-11-24(21(17)27)14-15-6-3-2-4-7-15/h2-13,25H,14H2,1H3,(H,23,26)/b22-13-. The number of methoxy groups -OCH3 is 1. The zero-order valence-corrected chi connectivity index (χ0v) is 15.2. The maximum atomic E-state index is 12.6. The Labute approximate surface area is 161 Å². The predicted molar refractivity (Wildman–Crippen MR) is 106 cm³/mol. The smallest absolute Gasteiger partial charge is 0.276 e. The first-order valence-electron chi connectivity index (χ1n) is 8.52. The van der Waals surface area contributed by atoms with Gasteiger partial charge in [0.1, 0.15) is 5.56 Å². The van der Waals surface area contributed by atoms with Gasteiger partial charge in [-0.15, -0.1) is 0 Å². The molecule has 3 aromatic rings. The number of pyridine rings is 1. The molecule has 0 fully saturated rings. The lowest BCUT2D eigenvalue weighted by Gasteiger charge is -2.07. The van der Waals surface area contributed by atoms with Gasteiger partial charge in [0.2, 0.25) is 0 Å². The van der Waals surface area contributed by atoms with Crippen LogP contribution in [0.1, 0.15) is 21.5 Å². The monoisotopic (exact) mass is 377 g/mol. The fourth-order valence-corrected chi connectivity index (χ4v) is 2.63. The van der Waals surface area contributed by atoms with Gasteiger partial charge in [-0.25, -0.2) is 5.43 Å². The molecule has 7 heteroatoms. The van der Waals surface area contributed by atoms with Crippen molar-refractivity contribution in [2.24, 2.45) is 5.10 Å². The van der Waals surface area contributed by atoms with Crippen molar-refractivity contribution in [1.29, 1.82) is 0 Å². The summed E-state index contributed by atoms with van der Waals surface area (Å²) in [6.45, 7) is 0.370. The summed E-state index contributed by atoms with van der Waals surface area (Å²) in [6, 6.07) is 17.3. The van der Waals surface area contributed by atoms with E-state index in [0.29, 0.717) is 17.9 Å². The number of aromatic hydroxyl groups is 1. The third-order valence-corrected chi connectivity index (χ3v) is 4.04. The van der Waals surface area contributed by atoms with Crippen molar-refractivity contribution in [1.82, 2.24) is 9.99 Å². The van der Waals surface area contributed by atoms with Crippen LogP contribution in [0.2, 0.25) is 0 Å². The molecule has 0 radical (unpaired) electrons. The van der Waals surface area contributed by atoms with Crippen LogP contribution in [0.5, 0.6) is 11.5 Å². The molecule has 0 atom stereocenters. The minimum absolute atomic E-state index is 0.00633. The Morgan fingerprint density at radius 3 is 2.68 bits per heavy atom. The molecule has 0 unspecified atom stereocenters. The second-order valence-electron chi connectivity index (χ2n) is 5.97. The molecule has 1 heterocycles. The van der Waals surface area contributed by atoms with E-state index in [-0.39, 0.29) is 11.3 Å². The van der Waals surface area contributed by atoms with E-state index in [2.05, 4.69) is 10.5 Å². The van der Waals surface area contributed by atoms with Crippen LogP contribution in [0, 0.1) is 0 Å². The Bertz CT molecular complexity index is 1060. The van der Waals surface area contributed by atoms with Gasteiger partial charge in [0.15, 0.2) is 11.5 Å². The molecule has 1 amide bonds. The first kappa shape index (κ1) is 18.9. The first-order valence-corrected chi connectivity index (χ1v) is 8.52. The molecule has 0 spiro atoms. The van der Waals surface area contributed by atoms with Crippen LogP contribution in [0.15, 0.2) is 76.8 Å². The number of hydrazone groups is 1.